The highest BCUT2D eigenvalue weighted by atomic mass is 16.7. The van der Waals surface area contributed by atoms with Crippen LogP contribution >= 0.6 is 0 Å². The summed E-state index contributed by atoms with van der Waals surface area (Å²) in [4.78, 5) is 11.6. The van der Waals surface area contributed by atoms with E-state index in [0.717, 1.165) is 51.4 Å². The molecule has 2 N–H and O–H groups in total. The zero-order chi connectivity index (χ0) is 24.5. The monoisotopic (exact) mass is 488 g/mol. The van der Waals surface area contributed by atoms with Gasteiger partial charge in [0.2, 0.25) is 0 Å². The molecule has 7 nitrogen and oxygen atoms in total. The average molecular weight is 489 g/mol. The molecular formula is C28H40O7. The summed E-state index contributed by atoms with van der Waals surface area (Å²) >= 11 is 0. The minimum atomic E-state index is -0.908. The van der Waals surface area contributed by atoms with Crippen LogP contribution in [0.4, 0.5) is 0 Å². The maximum Gasteiger partial charge on any atom is 0.303 e. The third-order valence-corrected chi connectivity index (χ3v) is 7.34. The molecule has 1 aliphatic carbocycles. The van der Waals surface area contributed by atoms with Crippen LogP contribution in [0, 0.1) is 11.8 Å². The lowest BCUT2D eigenvalue weighted by Crippen LogP contribution is -2.31. The second kappa shape index (κ2) is 13.5. The molecule has 3 fully saturated rings. The number of carboxylic acids is 1. The Morgan fingerprint density at radius 2 is 1.77 bits per heavy atom. The molecule has 2 heterocycles. The average Bonchev–Trinajstić information content (AvgIpc) is 3.15. The standard InChI is InChI=1S/C28H40O7/c29-24-19-25(35-28-11-5-7-17-33-28)22(23(24)18-26(30)31)15-14-21(34-27-10-4-6-16-32-27)13-12-20-8-2-1-3-9-20/h1-3,8-9,14-15,21-25,27-29H,4-7,10-13,16-19H2,(H,30,31). The fourth-order valence-electron chi connectivity index (χ4n) is 5.43. The summed E-state index contributed by atoms with van der Waals surface area (Å²) in [5, 5.41) is 20.2. The van der Waals surface area contributed by atoms with Crippen LogP contribution in [0.2, 0.25) is 0 Å². The SMILES string of the molecule is O=C(O)CC1C(O)CC(OC2CCCCO2)C1C=CC(CCc1ccccc1)OC1CCCCO1. The molecule has 3 aliphatic rings. The largest absolute Gasteiger partial charge is 0.481 e. The lowest BCUT2D eigenvalue weighted by atomic mass is 9.89. The molecule has 7 heteroatoms. The summed E-state index contributed by atoms with van der Waals surface area (Å²) in [5.41, 5.74) is 1.25. The van der Waals surface area contributed by atoms with Crippen LogP contribution in [0.15, 0.2) is 42.5 Å². The number of aliphatic hydroxyl groups excluding tert-OH is 1. The molecule has 1 saturated carbocycles. The Kier molecular flexibility index (Phi) is 10.2. The predicted octanol–water partition coefficient (Wildman–Crippen LogP) is 4.47. The Morgan fingerprint density at radius 1 is 1.06 bits per heavy atom. The van der Waals surface area contributed by atoms with Crippen molar-refractivity contribution in [3.63, 3.8) is 0 Å². The number of ether oxygens (including phenoxy) is 4. The summed E-state index contributed by atoms with van der Waals surface area (Å²) in [7, 11) is 0. The van der Waals surface area contributed by atoms with E-state index in [1.807, 2.05) is 30.4 Å². The zero-order valence-corrected chi connectivity index (χ0v) is 20.5. The third kappa shape index (κ3) is 8.12. The molecule has 7 atom stereocenters. The maximum absolute atomic E-state index is 11.6. The van der Waals surface area contributed by atoms with E-state index >= 15 is 0 Å². The fourth-order valence-corrected chi connectivity index (χ4v) is 5.43. The lowest BCUT2D eigenvalue weighted by molar-refractivity contribution is -0.193. The Morgan fingerprint density at radius 3 is 2.43 bits per heavy atom. The van der Waals surface area contributed by atoms with E-state index in [0.29, 0.717) is 19.6 Å². The first kappa shape index (κ1) is 26.3. The van der Waals surface area contributed by atoms with Gasteiger partial charge in [-0.05, 0) is 56.9 Å². The van der Waals surface area contributed by atoms with Crippen molar-refractivity contribution in [2.24, 2.45) is 11.8 Å². The van der Waals surface area contributed by atoms with Gasteiger partial charge in [-0.1, -0.05) is 42.5 Å². The van der Waals surface area contributed by atoms with Gasteiger partial charge in [-0.2, -0.15) is 0 Å². The van der Waals surface area contributed by atoms with Crippen molar-refractivity contribution in [2.75, 3.05) is 13.2 Å². The highest BCUT2D eigenvalue weighted by Crippen LogP contribution is 2.39. The van der Waals surface area contributed by atoms with Gasteiger partial charge in [-0.3, -0.25) is 4.79 Å². The highest BCUT2D eigenvalue weighted by molar-refractivity contribution is 5.67. The molecule has 2 saturated heterocycles. The quantitative estimate of drug-likeness (QED) is 0.444. The predicted molar refractivity (Wildman–Crippen MR) is 131 cm³/mol. The Balaban J connectivity index is 1.47. The van der Waals surface area contributed by atoms with Crippen LogP contribution in [-0.2, 0) is 30.2 Å². The molecule has 0 aromatic heterocycles. The second-order valence-corrected chi connectivity index (χ2v) is 9.99. The summed E-state index contributed by atoms with van der Waals surface area (Å²) in [6.07, 6.45) is 10.3. The van der Waals surface area contributed by atoms with Gasteiger partial charge in [0.25, 0.3) is 0 Å². The van der Waals surface area contributed by atoms with E-state index in [2.05, 4.69) is 12.1 Å². The van der Waals surface area contributed by atoms with E-state index < -0.39 is 18.0 Å². The van der Waals surface area contributed by atoms with Crippen molar-refractivity contribution in [3.8, 4) is 0 Å². The number of rotatable bonds is 11. The topological polar surface area (TPSA) is 94.5 Å². The molecule has 194 valence electrons. The molecule has 0 radical (unpaired) electrons. The van der Waals surface area contributed by atoms with Gasteiger partial charge >= 0.3 is 5.97 Å². The molecule has 4 rings (SSSR count). The van der Waals surface area contributed by atoms with Gasteiger partial charge < -0.3 is 29.2 Å². The van der Waals surface area contributed by atoms with Crippen LogP contribution in [0.1, 0.15) is 63.4 Å². The van der Waals surface area contributed by atoms with Gasteiger partial charge in [0.05, 0.1) is 24.7 Å². The highest BCUT2D eigenvalue weighted by Gasteiger charge is 2.44. The van der Waals surface area contributed by atoms with E-state index in [-0.39, 0.29) is 37.1 Å². The smallest absolute Gasteiger partial charge is 0.303 e. The van der Waals surface area contributed by atoms with Gasteiger partial charge in [0, 0.05) is 31.5 Å². The third-order valence-electron chi connectivity index (χ3n) is 7.34. The Hall–Kier alpha value is -1.77. The number of carboxylic acid groups (broad SMARTS) is 1. The first-order valence-corrected chi connectivity index (χ1v) is 13.2. The molecule has 1 aromatic carbocycles. The van der Waals surface area contributed by atoms with Crippen molar-refractivity contribution in [1.29, 1.82) is 0 Å². The maximum atomic E-state index is 11.6. The number of aliphatic carboxylic acids is 1. The van der Waals surface area contributed by atoms with Gasteiger partial charge in [0.15, 0.2) is 12.6 Å². The Bertz CT molecular complexity index is 786. The molecule has 0 spiro atoms. The zero-order valence-electron chi connectivity index (χ0n) is 20.5. The molecule has 1 aromatic rings. The summed E-state index contributed by atoms with van der Waals surface area (Å²) < 4.78 is 24.2. The summed E-state index contributed by atoms with van der Waals surface area (Å²) in [5.74, 6) is -1.53. The van der Waals surface area contributed by atoms with Gasteiger partial charge in [-0.25, -0.2) is 0 Å². The van der Waals surface area contributed by atoms with E-state index in [9.17, 15) is 15.0 Å². The van der Waals surface area contributed by atoms with E-state index in [4.69, 9.17) is 18.9 Å². The first-order chi connectivity index (χ1) is 17.1. The number of hydrogen-bond acceptors (Lipinski definition) is 6. The van der Waals surface area contributed by atoms with Crippen LogP contribution in [0.25, 0.3) is 0 Å². The van der Waals surface area contributed by atoms with Crippen LogP contribution in [-0.4, -0.2) is 60.3 Å². The number of benzene rings is 1. The molecule has 0 amide bonds. The number of aliphatic hydroxyl groups is 1. The van der Waals surface area contributed by atoms with Crippen molar-refractivity contribution in [1.82, 2.24) is 0 Å². The minimum absolute atomic E-state index is 0.0944. The van der Waals surface area contributed by atoms with Crippen molar-refractivity contribution in [3.05, 3.63) is 48.0 Å². The molecule has 35 heavy (non-hydrogen) atoms. The number of aryl methyl sites for hydroxylation is 1. The first-order valence-electron chi connectivity index (χ1n) is 13.2. The van der Waals surface area contributed by atoms with Gasteiger partial charge in [-0.15, -0.1) is 0 Å². The number of hydrogen-bond donors (Lipinski definition) is 2. The van der Waals surface area contributed by atoms with Crippen molar-refractivity contribution < 1.29 is 34.0 Å². The molecule has 0 bridgehead atoms. The van der Waals surface area contributed by atoms with Crippen molar-refractivity contribution >= 4 is 5.97 Å². The minimum Gasteiger partial charge on any atom is -0.481 e. The number of carbonyl (C=O) groups is 1. The van der Waals surface area contributed by atoms with Crippen LogP contribution in [0.3, 0.4) is 0 Å². The Labute approximate surface area is 208 Å². The summed E-state index contributed by atoms with van der Waals surface area (Å²) in [6.45, 7) is 1.39. The lowest BCUT2D eigenvalue weighted by Gasteiger charge is -2.29. The van der Waals surface area contributed by atoms with Crippen LogP contribution < -0.4 is 0 Å². The fraction of sp³-hybridized carbons (Fsp3) is 0.679. The van der Waals surface area contributed by atoms with Crippen LogP contribution in [0.5, 0.6) is 0 Å². The molecular weight excluding hydrogens is 448 g/mol. The van der Waals surface area contributed by atoms with E-state index in [1.165, 1.54) is 5.56 Å². The second-order valence-electron chi connectivity index (χ2n) is 9.99. The normalized spacial score (nSPS) is 32.6. The van der Waals surface area contributed by atoms with E-state index in [1.54, 1.807) is 0 Å². The molecule has 7 unspecified atom stereocenters. The van der Waals surface area contributed by atoms with Crippen molar-refractivity contribution in [2.45, 2.75) is 95.1 Å². The summed E-state index contributed by atoms with van der Waals surface area (Å²) in [6, 6.07) is 10.3. The molecule has 2 aliphatic heterocycles. The van der Waals surface area contributed by atoms with Gasteiger partial charge in [0.1, 0.15) is 0 Å².